The molecule has 15 heteroatoms. The van der Waals surface area contributed by atoms with Gasteiger partial charge < -0.3 is 17.8 Å². The third-order valence-electron chi connectivity index (χ3n) is 2.99. The van der Waals surface area contributed by atoms with E-state index in [0.29, 0.717) is 23.4 Å². The molecular weight excluding hydrogens is 507 g/mol. The van der Waals surface area contributed by atoms with E-state index in [2.05, 4.69) is 43.7 Å². The molecule has 0 saturated carbocycles. The predicted octanol–water partition coefficient (Wildman–Crippen LogP) is 4.48. The van der Waals surface area contributed by atoms with Gasteiger partial charge in [-0.15, -0.1) is 19.6 Å². The zero-order valence-electron chi connectivity index (χ0n) is 20.0. The van der Waals surface area contributed by atoms with Crippen molar-refractivity contribution in [2.75, 3.05) is 33.5 Å². The standard InChI is InChI=1S/C8H9N3O2.C6H2F2N2O2.C2H7N.CH5N.CO.3CH4.K.2H2.H/c1-5-3-7(9-2)8(11-13)4-6(5)10-12;7-3-1-4(8)6(10-12)2-5(3)9-11;1-3-2;2*1-2;;;;;;;/h3-4,9H,1-2H3;1-2H;3H,1-2H3;2H2,1H3;;3*1H4;;2*1H;/q;;;;;;;;+1;;;-1/i;;;;;;;;;1+1;;. The normalized spacial score (nSPS) is 7.28. The van der Waals surface area contributed by atoms with Gasteiger partial charge in [0.15, 0.2) is 11.6 Å². The van der Waals surface area contributed by atoms with Crippen LogP contribution < -0.4 is 67.8 Å². The summed E-state index contributed by atoms with van der Waals surface area (Å²) in [6, 6.07) is 4.05. The second kappa shape index (κ2) is 32.8. The first kappa shape index (κ1) is 50.6. The van der Waals surface area contributed by atoms with Crippen LogP contribution in [0, 0.1) is 44.8 Å². The van der Waals surface area contributed by atoms with Gasteiger partial charge in [0.1, 0.15) is 22.7 Å². The first-order chi connectivity index (χ1) is 15.3. The van der Waals surface area contributed by atoms with Crippen LogP contribution in [0.1, 0.15) is 32.1 Å². The van der Waals surface area contributed by atoms with Gasteiger partial charge in [0, 0.05) is 22.0 Å². The maximum absolute atomic E-state index is 12.5. The molecule has 0 aromatic heterocycles. The van der Waals surface area contributed by atoms with Gasteiger partial charge in [0.2, 0.25) is 0 Å². The van der Waals surface area contributed by atoms with E-state index >= 15 is 0 Å². The summed E-state index contributed by atoms with van der Waals surface area (Å²) in [5.74, 6) is -2.23. The number of aryl methyl sites for hydroxylation is 1. The number of hydrogen-bond acceptors (Lipinski definition) is 11. The van der Waals surface area contributed by atoms with Crippen molar-refractivity contribution < 1.29 is 69.1 Å². The molecular formula is C21H40F2KN7O5. The van der Waals surface area contributed by atoms with Gasteiger partial charge in [-0.25, -0.2) is 8.78 Å². The number of nitroso groups, excluding NO2 is 4. The van der Waals surface area contributed by atoms with Gasteiger partial charge in [0.25, 0.3) is 0 Å². The molecule has 36 heavy (non-hydrogen) atoms. The van der Waals surface area contributed by atoms with Crippen molar-refractivity contribution in [1.29, 1.82) is 0 Å². The van der Waals surface area contributed by atoms with Gasteiger partial charge >= 0.3 is 62.7 Å². The maximum Gasteiger partial charge on any atom is 1.00 e. The smallest absolute Gasteiger partial charge is 1.00 e. The summed E-state index contributed by atoms with van der Waals surface area (Å²) in [5.41, 5.74) is 4.99. The van der Waals surface area contributed by atoms with Crippen LogP contribution in [0.5, 0.6) is 0 Å². The van der Waals surface area contributed by atoms with E-state index in [9.17, 15) is 28.4 Å². The van der Waals surface area contributed by atoms with Gasteiger partial charge in [-0.2, -0.15) is 0 Å². The van der Waals surface area contributed by atoms with Crippen molar-refractivity contribution in [2.45, 2.75) is 29.2 Å². The van der Waals surface area contributed by atoms with Crippen LogP contribution in [0.3, 0.4) is 0 Å². The fraction of sp³-hybridized carbons (Fsp3) is 0.381. The molecule has 2 rings (SSSR count). The number of nitrogens with zero attached hydrogens (tertiary/aromatic N) is 4. The van der Waals surface area contributed by atoms with Crippen molar-refractivity contribution in [3.8, 4) is 0 Å². The van der Waals surface area contributed by atoms with Gasteiger partial charge in [-0.3, -0.25) is 0 Å². The average molecular weight is 549 g/mol. The summed E-state index contributed by atoms with van der Waals surface area (Å²) in [7, 11) is 6.93. The molecule has 0 bridgehead atoms. The number of nitrogens with two attached hydrogens (primary N) is 1. The number of halogens is 2. The topological polar surface area (TPSA) is 188 Å². The van der Waals surface area contributed by atoms with Gasteiger partial charge in [-0.1, -0.05) is 22.3 Å². The summed E-state index contributed by atoms with van der Waals surface area (Å²) in [6.45, 7) is 6.24. The number of anilines is 1. The molecule has 4 N–H and O–H groups in total. The second-order valence-corrected chi connectivity index (χ2v) is 5.03. The fourth-order valence-electron chi connectivity index (χ4n) is 1.73. The first-order valence-electron chi connectivity index (χ1n) is 8.34. The average Bonchev–Trinajstić information content (AvgIpc) is 2.82. The van der Waals surface area contributed by atoms with E-state index in [1.54, 1.807) is 20.0 Å². The number of benzene rings is 2. The molecule has 2 aromatic carbocycles. The first-order valence-corrected chi connectivity index (χ1v) is 8.34. The minimum Gasteiger partial charge on any atom is -1.00 e. The zero-order valence-corrected chi connectivity index (χ0v) is 22.1. The third kappa shape index (κ3) is 19.0. The number of nitrogens with one attached hydrogen (secondary N) is 2. The summed E-state index contributed by atoms with van der Waals surface area (Å²) in [5, 5.41) is 15.6. The molecule has 0 saturated heterocycles. The molecule has 0 aliphatic heterocycles. The van der Waals surface area contributed by atoms with E-state index in [1.807, 2.05) is 14.1 Å². The van der Waals surface area contributed by atoms with Crippen molar-refractivity contribution in [1.82, 2.24) is 5.32 Å². The summed E-state index contributed by atoms with van der Waals surface area (Å²) in [6.07, 6.45) is 0. The van der Waals surface area contributed by atoms with Crippen molar-refractivity contribution in [2.24, 2.45) is 26.4 Å². The Balaban J connectivity index is -0.0000000382. The molecule has 0 radical (unpaired) electrons. The molecule has 2 aromatic rings. The Morgan fingerprint density at radius 1 is 0.806 bits per heavy atom. The molecule has 0 heterocycles. The summed E-state index contributed by atoms with van der Waals surface area (Å²) < 4.78 is 32.5. The Morgan fingerprint density at radius 3 is 1.39 bits per heavy atom. The van der Waals surface area contributed by atoms with E-state index < -0.39 is 23.0 Å². The summed E-state index contributed by atoms with van der Waals surface area (Å²) >= 11 is 0. The Labute approximate surface area is 258 Å². The minimum absolute atomic E-state index is 0. The molecule has 0 spiro atoms. The molecule has 0 atom stereocenters. The van der Waals surface area contributed by atoms with Crippen molar-refractivity contribution in [3.05, 3.63) is 67.7 Å². The molecule has 0 amide bonds. The van der Waals surface area contributed by atoms with E-state index in [1.165, 1.54) is 13.1 Å². The quantitative estimate of drug-likeness (QED) is 0.212. The number of rotatable bonds is 5. The largest absolute Gasteiger partial charge is 1.00 e. The molecule has 0 aliphatic carbocycles. The predicted molar refractivity (Wildman–Crippen MR) is 143 cm³/mol. The van der Waals surface area contributed by atoms with Crippen LogP contribution in [0.4, 0.5) is 37.2 Å². The second-order valence-electron chi connectivity index (χ2n) is 5.03. The molecule has 0 fully saturated rings. The fourth-order valence-corrected chi connectivity index (χ4v) is 1.73. The number of hydrogen-bond donors (Lipinski definition) is 3. The van der Waals surface area contributed by atoms with Gasteiger partial charge in [-0.05, 0) is 66.5 Å². The SMILES string of the molecule is C.C.C.CN.CNC.CNc1cc(C)c(N=O)cc1N=O.O=Nc1cc(N=O)c(F)cc1F.[2HH].[C-]#[O+].[H-].[HH].[K+]. The Hall–Kier alpha value is -2.20. The van der Waals surface area contributed by atoms with Crippen LogP contribution in [0.25, 0.3) is 0 Å². The monoisotopic (exact) mass is 548 g/mol. The van der Waals surface area contributed by atoms with E-state index in [0.717, 1.165) is 0 Å². The molecule has 12 nitrogen and oxygen atoms in total. The van der Waals surface area contributed by atoms with Crippen LogP contribution >= 0.6 is 0 Å². The Kier molecular flexibility index (Phi) is 46.1. The molecule has 0 unspecified atom stereocenters. The third-order valence-corrected chi connectivity index (χ3v) is 2.99. The summed E-state index contributed by atoms with van der Waals surface area (Å²) in [4.78, 5) is 40.3. The van der Waals surface area contributed by atoms with Crippen LogP contribution in [0.15, 0.2) is 45.0 Å². The van der Waals surface area contributed by atoms with Crippen molar-refractivity contribution >= 4 is 28.4 Å². The Bertz CT molecular complexity index is 891. The van der Waals surface area contributed by atoms with Crippen LogP contribution in [-0.2, 0) is 4.65 Å². The van der Waals surface area contributed by atoms with Crippen LogP contribution in [0.2, 0.25) is 0 Å². The maximum atomic E-state index is 12.5. The van der Waals surface area contributed by atoms with Gasteiger partial charge in [0.05, 0.1) is 5.69 Å². The molecule has 204 valence electrons. The molecule has 0 aliphatic rings. The van der Waals surface area contributed by atoms with E-state index in [-0.39, 0.29) is 89.3 Å². The minimum atomic E-state index is -1.12. The Morgan fingerprint density at radius 2 is 1.11 bits per heavy atom. The van der Waals surface area contributed by atoms with E-state index in [4.69, 9.17) is 4.65 Å². The van der Waals surface area contributed by atoms with Crippen molar-refractivity contribution in [3.63, 3.8) is 0 Å². The zero-order chi connectivity index (χ0) is 25.7. The van der Waals surface area contributed by atoms with Crippen LogP contribution in [-0.4, -0.2) is 28.2 Å².